The highest BCUT2D eigenvalue weighted by Gasteiger charge is 2.23. The highest BCUT2D eigenvalue weighted by molar-refractivity contribution is 5.95. The molecule has 4 rings (SSSR count). The van der Waals surface area contributed by atoms with E-state index in [1.807, 2.05) is 41.3 Å². The summed E-state index contributed by atoms with van der Waals surface area (Å²) in [7, 11) is 0. The van der Waals surface area contributed by atoms with E-state index in [2.05, 4.69) is 14.9 Å². The Morgan fingerprint density at radius 2 is 1.70 bits per heavy atom. The van der Waals surface area contributed by atoms with Crippen molar-refractivity contribution in [3.63, 3.8) is 0 Å². The summed E-state index contributed by atoms with van der Waals surface area (Å²) in [5.74, 6) is 1.11. The molecule has 0 saturated carbocycles. The van der Waals surface area contributed by atoms with Crippen molar-refractivity contribution in [3.05, 3.63) is 72.7 Å². The number of carbonyl (C=O) groups is 1. The highest BCUT2D eigenvalue weighted by Crippen LogP contribution is 2.23. The van der Waals surface area contributed by atoms with Gasteiger partial charge in [0.2, 0.25) is 0 Å². The van der Waals surface area contributed by atoms with E-state index >= 15 is 0 Å². The SMILES string of the molecule is O=C(c1cccc(-c2ccc(O)cc2)c1)N1CCN(c2cnccn2)CC1. The van der Waals surface area contributed by atoms with E-state index in [0.717, 1.165) is 30.0 Å². The maximum atomic E-state index is 12.9. The van der Waals surface area contributed by atoms with E-state index in [1.54, 1.807) is 30.7 Å². The van der Waals surface area contributed by atoms with Crippen LogP contribution in [0.15, 0.2) is 67.1 Å². The molecule has 27 heavy (non-hydrogen) atoms. The van der Waals surface area contributed by atoms with Crippen LogP contribution in [0.1, 0.15) is 10.4 Å². The predicted molar refractivity (Wildman–Crippen MR) is 104 cm³/mol. The number of hydrogen-bond donors (Lipinski definition) is 1. The lowest BCUT2D eigenvalue weighted by Gasteiger charge is -2.35. The van der Waals surface area contributed by atoms with Gasteiger partial charge in [-0.05, 0) is 35.4 Å². The Balaban J connectivity index is 1.46. The summed E-state index contributed by atoms with van der Waals surface area (Å²) in [5.41, 5.74) is 2.60. The van der Waals surface area contributed by atoms with Crippen LogP contribution in [0.2, 0.25) is 0 Å². The molecule has 3 aromatic rings. The van der Waals surface area contributed by atoms with Crippen LogP contribution in [0.3, 0.4) is 0 Å². The van der Waals surface area contributed by atoms with Gasteiger partial charge in [-0.25, -0.2) is 4.98 Å². The van der Waals surface area contributed by atoms with E-state index in [0.29, 0.717) is 18.7 Å². The summed E-state index contributed by atoms with van der Waals surface area (Å²) in [6.45, 7) is 2.78. The summed E-state index contributed by atoms with van der Waals surface area (Å²) < 4.78 is 0. The summed E-state index contributed by atoms with van der Waals surface area (Å²) >= 11 is 0. The Labute approximate surface area is 157 Å². The third-order valence-corrected chi connectivity index (χ3v) is 4.75. The van der Waals surface area contributed by atoms with E-state index in [1.165, 1.54) is 0 Å². The molecule has 6 nitrogen and oxygen atoms in total. The number of hydrogen-bond acceptors (Lipinski definition) is 5. The van der Waals surface area contributed by atoms with Gasteiger partial charge < -0.3 is 14.9 Å². The first-order valence-electron chi connectivity index (χ1n) is 8.90. The van der Waals surface area contributed by atoms with Crippen molar-refractivity contribution in [1.29, 1.82) is 0 Å². The third kappa shape index (κ3) is 3.74. The molecule has 1 amide bonds. The summed E-state index contributed by atoms with van der Waals surface area (Å²) in [6.07, 6.45) is 5.09. The minimum absolute atomic E-state index is 0.0365. The van der Waals surface area contributed by atoms with Crippen LogP contribution in [0, 0.1) is 0 Å². The lowest BCUT2D eigenvalue weighted by Crippen LogP contribution is -2.49. The maximum absolute atomic E-state index is 12.9. The monoisotopic (exact) mass is 360 g/mol. The Morgan fingerprint density at radius 3 is 2.41 bits per heavy atom. The molecule has 0 aliphatic carbocycles. The first-order valence-corrected chi connectivity index (χ1v) is 8.90. The molecule has 1 aliphatic rings. The van der Waals surface area contributed by atoms with Crippen molar-refractivity contribution in [1.82, 2.24) is 14.9 Å². The second kappa shape index (κ2) is 7.45. The summed E-state index contributed by atoms with van der Waals surface area (Å²) in [5, 5.41) is 9.45. The second-order valence-electron chi connectivity index (χ2n) is 6.47. The summed E-state index contributed by atoms with van der Waals surface area (Å²) in [4.78, 5) is 25.4. The second-order valence-corrected chi connectivity index (χ2v) is 6.47. The van der Waals surface area contributed by atoms with E-state index in [9.17, 15) is 9.90 Å². The van der Waals surface area contributed by atoms with Crippen LogP contribution in [-0.2, 0) is 0 Å². The van der Waals surface area contributed by atoms with Crippen molar-refractivity contribution in [2.24, 2.45) is 0 Å². The predicted octanol–water partition coefficient (Wildman–Crippen LogP) is 2.81. The van der Waals surface area contributed by atoms with Gasteiger partial charge in [0.1, 0.15) is 11.6 Å². The average Bonchev–Trinajstić information content (AvgIpc) is 2.75. The quantitative estimate of drug-likeness (QED) is 0.778. The smallest absolute Gasteiger partial charge is 0.253 e. The zero-order valence-electron chi connectivity index (χ0n) is 14.8. The zero-order chi connectivity index (χ0) is 18.6. The number of phenols is 1. The summed E-state index contributed by atoms with van der Waals surface area (Å²) in [6, 6.07) is 14.6. The van der Waals surface area contributed by atoms with Gasteiger partial charge >= 0.3 is 0 Å². The number of aromatic hydroxyl groups is 1. The Kier molecular flexibility index (Phi) is 4.70. The van der Waals surface area contributed by atoms with Gasteiger partial charge in [0.25, 0.3) is 5.91 Å². The number of nitrogens with zero attached hydrogens (tertiary/aromatic N) is 4. The normalized spacial score (nSPS) is 14.2. The van der Waals surface area contributed by atoms with Crippen LogP contribution < -0.4 is 4.90 Å². The molecule has 1 fully saturated rings. The number of phenolic OH excluding ortho intramolecular Hbond substituents is 1. The highest BCUT2D eigenvalue weighted by atomic mass is 16.3. The first-order chi connectivity index (χ1) is 13.2. The van der Waals surface area contributed by atoms with E-state index in [-0.39, 0.29) is 11.7 Å². The van der Waals surface area contributed by atoms with Crippen molar-refractivity contribution < 1.29 is 9.90 Å². The molecule has 0 spiro atoms. The molecule has 0 bridgehead atoms. The minimum Gasteiger partial charge on any atom is -0.508 e. The van der Waals surface area contributed by atoms with E-state index < -0.39 is 0 Å². The van der Waals surface area contributed by atoms with Gasteiger partial charge in [-0.1, -0.05) is 24.3 Å². The number of rotatable bonds is 3. The van der Waals surface area contributed by atoms with Gasteiger partial charge in [-0.15, -0.1) is 0 Å². The third-order valence-electron chi connectivity index (χ3n) is 4.75. The molecule has 0 radical (unpaired) electrons. The first kappa shape index (κ1) is 17.0. The molecule has 1 aromatic heterocycles. The number of aromatic nitrogens is 2. The lowest BCUT2D eigenvalue weighted by atomic mass is 10.0. The molecule has 0 unspecified atom stereocenters. The molecule has 1 N–H and O–H groups in total. The molecular weight excluding hydrogens is 340 g/mol. The van der Waals surface area contributed by atoms with Crippen molar-refractivity contribution >= 4 is 11.7 Å². The topological polar surface area (TPSA) is 69.6 Å². The molecule has 136 valence electrons. The molecule has 1 saturated heterocycles. The molecule has 2 aromatic carbocycles. The fourth-order valence-electron chi connectivity index (χ4n) is 3.26. The molecule has 1 aliphatic heterocycles. The number of amides is 1. The number of carbonyl (C=O) groups excluding carboxylic acids is 1. The van der Waals surface area contributed by atoms with Crippen LogP contribution in [0.5, 0.6) is 5.75 Å². The Bertz CT molecular complexity index is 920. The fraction of sp³-hybridized carbons (Fsp3) is 0.190. The zero-order valence-corrected chi connectivity index (χ0v) is 14.8. The van der Waals surface area contributed by atoms with Gasteiger partial charge in [0, 0.05) is 44.1 Å². The number of anilines is 1. The maximum Gasteiger partial charge on any atom is 0.253 e. The molecule has 2 heterocycles. The Morgan fingerprint density at radius 1 is 0.926 bits per heavy atom. The van der Waals surface area contributed by atoms with Crippen molar-refractivity contribution in [3.8, 4) is 16.9 Å². The average molecular weight is 360 g/mol. The minimum atomic E-state index is 0.0365. The van der Waals surface area contributed by atoms with Gasteiger partial charge in [-0.3, -0.25) is 9.78 Å². The Hall–Kier alpha value is -3.41. The number of benzene rings is 2. The van der Waals surface area contributed by atoms with Crippen molar-refractivity contribution in [2.45, 2.75) is 0 Å². The molecular formula is C21H20N4O2. The van der Waals surface area contributed by atoms with Crippen LogP contribution in [-0.4, -0.2) is 52.1 Å². The fourth-order valence-corrected chi connectivity index (χ4v) is 3.26. The number of piperazine rings is 1. The largest absolute Gasteiger partial charge is 0.508 e. The molecule has 0 atom stereocenters. The van der Waals surface area contributed by atoms with Crippen LogP contribution in [0.4, 0.5) is 5.82 Å². The molecule has 6 heteroatoms. The lowest BCUT2D eigenvalue weighted by molar-refractivity contribution is 0.0746. The van der Waals surface area contributed by atoms with Gasteiger partial charge in [0.05, 0.1) is 6.20 Å². The standard InChI is InChI=1S/C21H20N4O2/c26-19-6-4-16(5-7-19)17-2-1-3-18(14-17)21(27)25-12-10-24(11-13-25)20-15-22-8-9-23-20/h1-9,14-15,26H,10-13H2. The van der Waals surface area contributed by atoms with Crippen LogP contribution >= 0.6 is 0 Å². The van der Waals surface area contributed by atoms with E-state index in [4.69, 9.17) is 0 Å². The van der Waals surface area contributed by atoms with Gasteiger partial charge in [-0.2, -0.15) is 0 Å². The van der Waals surface area contributed by atoms with Crippen LogP contribution in [0.25, 0.3) is 11.1 Å². The van der Waals surface area contributed by atoms with Crippen molar-refractivity contribution in [2.75, 3.05) is 31.1 Å². The van der Waals surface area contributed by atoms with Gasteiger partial charge in [0.15, 0.2) is 0 Å².